The highest BCUT2D eigenvalue weighted by atomic mass is 35.5. The molecule has 18 heavy (non-hydrogen) atoms. The molecule has 1 aromatic rings. The zero-order valence-electron chi connectivity index (χ0n) is 11.5. The quantitative estimate of drug-likeness (QED) is 0.806. The van der Waals surface area contributed by atoms with Crippen molar-refractivity contribution in [1.82, 2.24) is 5.32 Å². The van der Waals surface area contributed by atoms with E-state index >= 15 is 0 Å². The van der Waals surface area contributed by atoms with Crippen molar-refractivity contribution in [2.45, 2.75) is 32.9 Å². The van der Waals surface area contributed by atoms with Crippen LogP contribution in [0.25, 0.3) is 0 Å². The summed E-state index contributed by atoms with van der Waals surface area (Å²) in [7, 11) is 1.90. The molecule has 0 aliphatic heterocycles. The highest BCUT2D eigenvalue weighted by Gasteiger charge is 2.10. The van der Waals surface area contributed by atoms with Crippen molar-refractivity contribution in [1.29, 1.82) is 0 Å². The minimum Gasteiger partial charge on any atom is -0.491 e. The molecule has 0 amide bonds. The van der Waals surface area contributed by atoms with E-state index in [1.54, 1.807) is 0 Å². The fraction of sp³-hybridized carbons (Fsp3) is 0.571. The predicted octanol–water partition coefficient (Wildman–Crippen LogP) is 3.25. The molecule has 0 heterocycles. The largest absolute Gasteiger partial charge is 0.491 e. The van der Waals surface area contributed by atoms with Gasteiger partial charge in [0.25, 0.3) is 0 Å². The molecule has 0 aliphatic carbocycles. The lowest BCUT2D eigenvalue weighted by atomic mass is 10.2. The Morgan fingerprint density at radius 2 is 1.94 bits per heavy atom. The van der Waals surface area contributed by atoms with Crippen LogP contribution in [0.5, 0.6) is 5.75 Å². The number of rotatable bonds is 6. The van der Waals surface area contributed by atoms with Gasteiger partial charge in [0.05, 0.1) is 12.2 Å². The Morgan fingerprint density at radius 1 is 1.22 bits per heavy atom. The van der Waals surface area contributed by atoms with Gasteiger partial charge in [-0.15, -0.1) is 0 Å². The van der Waals surface area contributed by atoms with E-state index in [1.807, 2.05) is 46.0 Å². The van der Waals surface area contributed by atoms with Gasteiger partial charge in [0.15, 0.2) is 0 Å². The summed E-state index contributed by atoms with van der Waals surface area (Å²) in [5.41, 5.74) is 0.928. The van der Waals surface area contributed by atoms with Crippen LogP contribution in [0.4, 0.5) is 0 Å². The number of benzene rings is 1. The van der Waals surface area contributed by atoms with E-state index in [1.165, 1.54) is 0 Å². The topological polar surface area (TPSA) is 30.5 Å². The zero-order chi connectivity index (χ0) is 13.6. The molecule has 1 rings (SSSR count). The van der Waals surface area contributed by atoms with E-state index in [9.17, 15) is 0 Å². The van der Waals surface area contributed by atoms with E-state index in [0.29, 0.717) is 13.2 Å². The minimum absolute atomic E-state index is 0.128. The second-order valence-corrected chi connectivity index (χ2v) is 5.53. The van der Waals surface area contributed by atoms with Gasteiger partial charge in [-0.05, 0) is 46.0 Å². The summed E-state index contributed by atoms with van der Waals surface area (Å²) in [6, 6.07) is 5.64. The fourth-order valence-electron chi connectivity index (χ4n) is 1.52. The molecule has 102 valence electrons. The monoisotopic (exact) mass is 271 g/mol. The molecule has 0 saturated carbocycles. The van der Waals surface area contributed by atoms with Crippen molar-refractivity contribution < 1.29 is 9.47 Å². The van der Waals surface area contributed by atoms with Crippen LogP contribution in [0, 0.1) is 0 Å². The Kier molecular flexibility index (Phi) is 5.93. The van der Waals surface area contributed by atoms with Crippen molar-refractivity contribution in [3.63, 3.8) is 0 Å². The Morgan fingerprint density at radius 3 is 2.56 bits per heavy atom. The van der Waals surface area contributed by atoms with Crippen LogP contribution in [-0.2, 0) is 11.3 Å². The van der Waals surface area contributed by atoms with Crippen molar-refractivity contribution in [3.8, 4) is 5.75 Å². The number of halogens is 1. The minimum atomic E-state index is -0.128. The molecular weight excluding hydrogens is 250 g/mol. The lowest BCUT2D eigenvalue weighted by molar-refractivity contribution is -0.0164. The summed E-state index contributed by atoms with van der Waals surface area (Å²) >= 11 is 5.97. The van der Waals surface area contributed by atoms with Crippen LogP contribution in [0.2, 0.25) is 5.02 Å². The Hall–Kier alpha value is -0.770. The van der Waals surface area contributed by atoms with Gasteiger partial charge in [0.2, 0.25) is 0 Å². The van der Waals surface area contributed by atoms with Gasteiger partial charge in [-0.3, -0.25) is 0 Å². The van der Waals surface area contributed by atoms with E-state index in [2.05, 4.69) is 5.32 Å². The number of nitrogens with one attached hydrogen (secondary N) is 1. The van der Waals surface area contributed by atoms with Crippen molar-refractivity contribution in [2.24, 2.45) is 0 Å². The second-order valence-electron chi connectivity index (χ2n) is 5.09. The number of hydrogen-bond donors (Lipinski definition) is 1. The molecule has 0 unspecified atom stereocenters. The van der Waals surface area contributed by atoms with Crippen LogP contribution in [-0.4, -0.2) is 25.9 Å². The van der Waals surface area contributed by atoms with E-state index in [4.69, 9.17) is 21.1 Å². The maximum Gasteiger partial charge on any atom is 0.124 e. The summed E-state index contributed by atoms with van der Waals surface area (Å²) in [5.74, 6) is 0.853. The standard InChI is InChI=1S/C14H22ClNO2/c1-14(2,3)18-8-7-17-13-6-5-12(15)9-11(13)10-16-4/h5-6,9,16H,7-8,10H2,1-4H3. The fourth-order valence-corrected chi connectivity index (χ4v) is 1.71. The van der Waals surface area contributed by atoms with Crippen LogP contribution >= 0.6 is 11.6 Å². The summed E-state index contributed by atoms with van der Waals surface area (Å²) < 4.78 is 11.3. The predicted molar refractivity (Wildman–Crippen MR) is 75.4 cm³/mol. The summed E-state index contributed by atoms with van der Waals surface area (Å²) in [4.78, 5) is 0. The molecule has 0 aliphatic rings. The lowest BCUT2D eigenvalue weighted by Crippen LogP contribution is -2.22. The maximum absolute atomic E-state index is 5.97. The van der Waals surface area contributed by atoms with Gasteiger partial charge >= 0.3 is 0 Å². The average Bonchev–Trinajstić information content (AvgIpc) is 2.26. The highest BCUT2D eigenvalue weighted by Crippen LogP contribution is 2.22. The molecule has 0 fully saturated rings. The number of ether oxygens (including phenoxy) is 2. The SMILES string of the molecule is CNCc1cc(Cl)ccc1OCCOC(C)(C)C. The van der Waals surface area contributed by atoms with Crippen LogP contribution < -0.4 is 10.1 Å². The van der Waals surface area contributed by atoms with E-state index < -0.39 is 0 Å². The van der Waals surface area contributed by atoms with Gasteiger partial charge in [0.1, 0.15) is 12.4 Å². The smallest absolute Gasteiger partial charge is 0.124 e. The van der Waals surface area contributed by atoms with Gasteiger partial charge in [-0.25, -0.2) is 0 Å². The van der Waals surface area contributed by atoms with E-state index in [0.717, 1.165) is 22.9 Å². The van der Waals surface area contributed by atoms with Crippen molar-refractivity contribution >= 4 is 11.6 Å². The molecule has 0 radical (unpaired) electrons. The van der Waals surface area contributed by atoms with Gasteiger partial charge in [-0.2, -0.15) is 0 Å². The van der Waals surface area contributed by atoms with Crippen molar-refractivity contribution in [3.05, 3.63) is 28.8 Å². The molecule has 1 N–H and O–H groups in total. The maximum atomic E-state index is 5.97. The lowest BCUT2D eigenvalue weighted by Gasteiger charge is -2.20. The molecule has 3 nitrogen and oxygen atoms in total. The first-order chi connectivity index (χ1) is 8.42. The van der Waals surface area contributed by atoms with Crippen LogP contribution in [0.3, 0.4) is 0 Å². The van der Waals surface area contributed by atoms with Crippen LogP contribution in [0.1, 0.15) is 26.3 Å². The molecule has 0 saturated heterocycles. The van der Waals surface area contributed by atoms with Gasteiger partial charge in [0, 0.05) is 17.1 Å². The molecule has 0 aromatic heterocycles. The summed E-state index contributed by atoms with van der Waals surface area (Å²) in [6.07, 6.45) is 0. The molecule has 4 heteroatoms. The van der Waals surface area contributed by atoms with E-state index in [-0.39, 0.29) is 5.60 Å². The Labute approximate surface area is 114 Å². The first kappa shape index (κ1) is 15.3. The summed E-state index contributed by atoms with van der Waals surface area (Å²) in [6.45, 7) is 7.93. The van der Waals surface area contributed by atoms with Gasteiger partial charge < -0.3 is 14.8 Å². The molecular formula is C14H22ClNO2. The Bertz CT molecular complexity index is 375. The third kappa shape index (κ3) is 5.71. The van der Waals surface area contributed by atoms with Crippen molar-refractivity contribution in [2.75, 3.05) is 20.3 Å². The number of hydrogen-bond acceptors (Lipinski definition) is 3. The zero-order valence-corrected chi connectivity index (χ0v) is 12.3. The molecule has 0 spiro atoms. The normalized spacial score (nSPS) is 11.6. The third-order valence-electron chi connectivity index (χ3n) is 2.27. The first-order valence-electron chi connectivity index (χ1n) is 6.12. The second kappa shape index (κ2) is 6.98. The molecule has 1 aromatic carbocycles. The molecule has 0 bridgehead atoms. The highest BCUT2D eigenvalue weighted by molar-refractivity contribution is 6.30. The average molecular weight is 272 g/mol. The Balaban J connectivity index is 2.51. The third-order valence-corrected chi connectivity index (χ3v) is 2.50. The summed E-state index contributed by atoms with van der Waals surface area (Å²) in [5, 5.41) is 3.82. The van der Waals surface area contributed by atoms with Gasteiger partial charge in [-0.1, -0.05) is 11.6 Å². The molecule has 0 atom stereocenters. The first-order valence-corrected chi connectivity index (χ1v) is 6.50. The van der Waals surface area contributed by atoms with Crippen LogP contribution in [0.15, 0.2) is 18.2 Å².